The van der Waals surface area contributed by atoms with Gasteiger partial charge in [0.05, 0.1) is 12.1 Å². The molecule has 3 rings (SSSR count). The van der Waals surface area contributed by atoms with E-state index in [4.69, 9.17) is 14.6 Å². The highest BCUT2D eigenvalue weighted by atomic mass is 32.1. The fourth-order valence-corrected chi connectivity index (χ4v) is 3.53. The molecule has 140 valence electrons. The number of thiazole rings is 1. The Morgan fingerprint density at radius 1 is 1.04 bits per heavy atom. The minimum atomic E-state index is -0.876. The number of benzene rings is 2. The monoisotopic (exact) mass is 383 g/mol. The first-order valence-corrected chi connectivity index (χ1v) is 9.49. The second-order valence-electron chi connectivity index (χ2n) is 6.16. The fourth-order valence-electron chi connectivity index (χ4n) is 2.70. The molecule has 0 bridgehead atoms. The molecule has 27 heavy (non-hydrogen) atoms. The molecule has 0 saturated carbocycles. The Bertz CT molecular complexity index is 898. The number of carboxylic acids is 1. The van der Waals surface area contributed by atoms with E-state index in [0.29, 0.717) is 18.9 Å². The van der Waals surface area contributed by atoms with Crippen LogP contribution in [0.2, 0.25) is 0 Å². The average Bonchev–Trinajstić information content (AvgIpc) is 3.09. The van der Waals surface area contributed by atoms with Crippen LogP contribution in [0.3, 0.4) is 0 Å². The molecular formula is C21H21NO4S. The van der Waals surface area contributed by atoms with E-state index in [1.165, 1.54) is 11.3 Å². The number of rotatable bonds is 8. The van der Waals surface area contributed by atoms with Crippen LogP contribution in [0.15, 0.2) is 47.8 Å². The molecule has 0 radical (unpaired) electrons. The number of ether oxygens (including phenoxy) is 2. The number of nitrogens with zero attached hydrogens (tertiary/aromatic N) is 1. The van der Waals surface area contributed by atoms with Gasteiger partial charge in [-0.3, -0.25) is 4.79 Å². The minimum Gasteiger partial charge on any atom is -0.490 e. The smallest absolute Gasteiger partial charge is 0.309 e. The van der Waals surface area contributed by atoms with Gasteiger partial charge in [-0.15, -0.1) is 11.3 Å². The summed E-state index contributed by atoms with van der Waals surface area (Å²) in [6, 6.07) is 13.7. The van der Waals surface area contributed by atoms with E-state index in [0.717, 1.165) is 33.2 Å². The molecule has 0 aliphatic rings. The van der Waals surface area contributed by atoms with Crippen molar-refractivity contribution in [2.75, 3.05) is 13.2 Å². The van der Waals surface area contributed by atoms with Crippen LogP contribution in [0.4, 0.5) is 0 Å². The topological polar surface area (TPSA) is 68.7 Å². The Balaban J connectivity index is 1.52. The van der Waals surface area contributed by atoms with Gasteiger partial charge < -0.3 is 14.6 Å². The summed E-state index contributed by atoms with van der Waals surface area (Å²) >= 11 is 1.44. The molecule has 0 atom stereocenters. The number of hydrogen-bond acceptors (Lipinski definition) is 5. The summed E-state index contributed by atoms with van der Waals surface area (Å²) in [5.74, 6) is 0.794. The number of hydrogen-bond donors (Lipinski definition) is 1. The highest BCUT2D eigenvalue weighted by molar-refractivity contribution is 7.13. The number of para-hydroxylation sites is 1. The van der Waals surface area contributed by atoms with Crippen LogP contribution in [-0.4, -0.2) is 29.3 Å². The SMILES string of the molecule is Cc1cccc(C)c1OCCOc1ccc(-c2nc(CC(=O)O)cs2)cc1. The van der Waals surface area contributed by atoms with Gasteiger partial charge in [-0.2, -0.15) is 0 Å². The van der Waals surface area contributed by atoms with Crippen LogP contribution in [-0.2, 0) is 11.2 Å². The van der Waals surface area contributed by atoms with Crippen molar-refractivity contribution >= 4 is 17.3 Å². The molecular weight excluding hydrogens is 362 g/mol. The van der Waals surface area contributed by atoms with Crippen LogP contribution >= 0.6 is 11.3 Å². The van der Waals surface area contributed by atoms with E-state index >= 15 is 0 Å². The van der Waals surface area contributed by atoms with Gasteiger partial charge in [0.15, 0.2) is 0 Å². The predicted molar refractivity (Wildman–Crippen MR) is 106 cm³/mol. The van der Waals surface area contributed by atoms with Gasteiger partial charge in [0.25, 0.3) is 0 Å². The van der Waals surface area contributed by atoms with Gasteiger partial charge in [-0.25, -0.2) is 4.98 Å². The average molecular weight is 383 g/mol. The largest absolute Gasteiger partial charge is 0.490 e. The Morgan fingerprint density at radius 2 is 1.70 bits per heavy atom. The van der Waals surface area contributed by atoms with Gasteiger partial charge in [0.2, 0.25) is 0 Å². The van der Waals surface area contributed by atoms with E-state index in [-0.39, 0.29) is 6.42 Å². The molecule has 0 spiro atoms. The number of carboxylic acid groups (broad SMARTS) is 1. The van der Waals surface area contributed by atoms with Crippen molar-refractivity contribution in [3.63, 3.8) is 0 Å². The van der Waals surface area contributed by atoms with Crippen LogP contribution in [0.1, 0.15) is 16.8 Å². The van der Waals surface area contributed by atoms with Crippen molar-refractivity contribution in [2.24, 2.45) is 0 Å². The maximum absolute atomic E-state index is 10.7. The van der Waals surface area contributed by atoms with Crippen molar-refractivity contribution in [2.45, 2.75) is 20.3 Å². The molecule has 0 saturated heterocycles. The molecule has 6 heteroatoms. The molecule has 0 aliphatic heterocycles. The molecule has 1 N–H and O–H groups in total. The van der Waals surface area contributed by atoms with Crippen molar-refractivity contribution in [3.8, 4) is 22.1 Å². The maximum Gasteiger partial charge on any atom is 0.309 e. The van der Waals surface area contributed by atoms with Gasteiger partial charge in [0.1, 0.15) is 29.7 Å². The maximum atomic E-state index is 10.7. The molecule has 0 fully saturated rings. The highest BCUT2D eigenvalue weighted by Crippen LogP contribution is 2.26. The molecule has 1 aromatic heterocycles. The van der Waals surface area contributed by atoms with E-state index in [1.807, 2.05) is 56.3 Å². The Morgan fingerprint density at radius 3 is 2.37 bits per heavy atom. The third-order valence-corrected chi connectivity index (χ3v) is 4.93. The first kappa shape index (κ1) is 18.9. The molecule has 0 unspecified atom stereocenters. The third kappa shape index (κ3) is 5.08. The molecule has 3 aromatic rings. The Kier molecular flexibility index (Phi) is 6.08. The predicted octanol–water partition coefficient (Wildman–Crippen LogP) is 4.51. The summed E-state index contributed by atoms with van der Waals surface area (Å²) < 4.78 is 11.6. The van der Waals surface area contributed by atoms with Crippen LogP contribution in [0.5, 0.6) is 11.5 Å². The lowest BCUT2D eigenvalue weighted by molar-refractivity contribution is -0.136. The van der Waals surface area contributed by atoms with Crippen LogP contribution < -0.4 is 9.47 Å². The van der Waals surface area contributed by atoms with Crippen molar-refractivity contribution < 1.29 is 19.4 Å². The summed E-state index contributed by atoms with van der Waals surface area (Å²) in [4.78, 5) is 15.1. The van der Waals surface area contributed by atoms with E-state index in [1.54, 1.807) is 5.38 Å². The van der Waals surface area contributed by atoms with Gasteiger partial charge in [-0.05, 0) is 49.2 Å². The zero-order valence-corrected chi connectivity index (χ0v) is 16.1. The Hall–Kier alpha value is -2.86. The molecule has 1 heterocycles. The van der Waals surface area contributed by atoms with Crippen molar-refractivity contribution in [3.05, 3.63) is 64.7 Å². The Labute approximate surface area is 162 Å². The summed E-state index contributed by atoms with van der Waals surface area (Å²) in [5, 5.41) is 11.4. The zero-order chi connectivity index (χ0) is 19.2. The van der Waals surface area contributed by atoms with Gasteiger partial charge >= 0.3 is 5.97 Å². The summed E-state index contributed by atoms with van der Waals surface area (Å²) in [5.41, 5.74) is 3.75. The fraction of sp³-hybridized carbons (Fsp3) is 0.238. The summed E-state index contributed by atoms with van der Waals surface area (Å²) in [6.45, 7) is 4.98. The number of aliphatic carboxylic acids is 1. The lowest BCUT2D eigenvalue weighted by Crippen LogP contribution is -2.10. The zero-order valence-electron chi connectivity index (χ0n) is 15.3. The third-order valence-electron chi connectivity index (χ3n) is 3.99. The summed E-state index contributed by atoms with van der Waals surface area (Å²) in [6.07, 6.45) is -0.0575. The highest BCUT2D eigenvalue weighted by Gasteiger charge is 2.08. The quantitative estimate of drug-likeness (QED) is 0.580. The second-order valence-corrected chi connectivity index (χ2v) is 7.01. The molecule has 0 amide bonds. The van der Waals surface area contributed by atoms with Gasteiger partial charge in [-0.1, -0.05) is 18.2 Å². The first-order valence-electron chi connectivity index (χ1n) is 8.61. The molecule has 5 nitrogen and oxygen atoms in total. The van der Waals surface area contributed by atoms with E-state index in [2.05, 4.69) is 4.98 Å². The van der Waals surface area contributed by atoms with E-state index < -0.39 is 5.97 Å². The lowest BCUT2D eigenvalue weighted by Gasteiger charge is -2.12. The van der Waals surface area contributed by atoms with Crippen LogP contribution in [0, 0.1) is 13.8 Å². The van der Waals surface area contributed by atoms with Gasteiger partial charge in [0, 0.05) is 10.9 Å². The normalized spacial score (nSPS) is 10.6. The molecule has 2 aromatic carbocycles. The van der Waals surface area contributed by atoms with Crippen molar-refractivity contribution in [1.29, 1.82) is 0 Å². The number of aryl methyl sites for hydroxylation is 2. The minimum absolute atomic E-state index is 0.0575. The second kappa shape index (κ2) is 8.68. The first-order chi connectivity index (χ1) is 13.0. The molecule has 0 aliphatic carbocycles. The summed E-state index contributed by atoms with van der Waals surface area (Å²) in [7, 11) is 0. The van der Waals surface area contributed by atoms with E-state index in [9.17, 15) is 4.79 Å². The number of carbonyl (C=O) groups is 1. The standard InChI is InChI=1S/C21H21NO4S/c1-14-4-3-5-15(2)20(14)26-11-10-25-18-8-6-16(7-9-18)21-22-17(13-27-21)12-19(23)24/h3-9,13H,10-12H2,1-2H3,(H,23,24). The number of aromatic nitrogens is 1. The lowest BCUT2D eigenvalue weighted by atomic mass is 10.1. The van der Waals surface area contributed by atoms with Crippen LogP contribution in [0.25, 0.3) is 10.6 Å². The van der Waals surface area contributed by atoms with Crippen molar-refractivity contribution in [1.82, 2.24) is 4.98 Å².